The quantitative estimate of drug-likeness (QED) is 0.856. The largest absolute Gasteiger partial charge is 0.214 e. The molecule has 0 amide bonds. The maximum absolute atomic E-state index is 12.8. The molecular formula is C10H14FNO2S. The highest BCUT2D eigenvalue weighted by molar-refractivity contribution is 7.90. The molecule has 15 heavy (non-hydrogen) atoms. The first-order chi connectivity index (χ1) is 6.92. The lowest BCUT2D eigenvalue weighted by Gasteiger charge is -2.09. The van der Waals surface area contributed by atoms with Gasteiger partial charge in [0.2, 0.25) is 10.0 Å². The number of sulfonamides is 1. The van der Waals surface area contributed by atoms with Crippen LogP contribution in [0.4, 0.5) is 4.39 Å². The van der Waals surface area contributed by atoms with E-state index in [1.165, 1.54) is 12.1 Å². The van der Waals surface area contributed by atoms with Crippen LogP contribution in [0.1, 0.15) is 19.4 Å². The zero-order valence-corrected chi connectivity index (χ0v) is 9.51. The molecule has 0 radical (unpaired) electrons. The van der Waals surface area contributed by atoms with E-state index in [4.69, 9.17) is 0 Å². The van der Waals surface area contributed by atoms with E-state index < -0.39 is 15.3 Å². The van der Waals surface area contributed by atoms with E-state index in [1.807, 2.05) is 0 Å². The maximum atomic E-state index is 12.8. The molecule has 1 aromatic rings. The Morgan fingerprint density at radius 3 is 2.60 bits per heavy atom. The molecule has 0 saturated heterocycles. The minimum absolute atomic E-state index is 0.123. The number of rotatable bonds is 4. The summed E-state index contributed by atoms with van der Waals surface area (Å²) in [5, 5.41) is -0.481. The van der Waals surface area contributed by atoms with Crippen molar-refractivity contribution in [2.75, 3.05) is 0 Å². The average molecular weight is 231 g/mol. The van der Waals surface area contributed by atoms with Gasteiger partial charge in [-0.15, -0.1) is 0 Å². The van der Waals surface area contributed by atoms with Crippen LogP contribution in [0.2, 0.25) is 0 Å². The van der Waals surface area contributed by atoms with Crippen molar-refractivity contribution >= 4 is 10.0 Å². The van der Waals surface area contributed by atoms with Gasteiger partial charge in [0.05, 0.1) is 5.25 Å². The van der Waals surface area contributed by atoms with Gasteiger partial charge in [-0.05, 0) is 31.5 Å². The first-order valence-corrected chi connectivity index (χ1v) is 6.19. The molecule has 0 aliphatic carbocycles. The summed E-state index contributed by atoms with van der Waals surface area (Å²) in [4.78, 5) is 0. The van der Waals surface area contributed by atoms with Crippen LogP contribution in [0.3, 0.4) is 0 Å². The molecule has 1 rings (SSSR count). The molecule has 0 spiro atoms. The van der Waals surface area contributed by atoms with Crippen molar-refractivity contribution in [2.45, 2.75) is 25.6 Å². The number of nitrogens with one attached hydrogen (secondary N) is 1. The van der Waals surface area contributed by atoms with Crippen LogP contribution >= 0.6 is 0 Å². The Morgan fingerprint density at radius 2 is 2.07 bits per heavy atom. The lowest BCUT2D eigenvalue weighted by Crippen LogP contribution is -2.30. The van der Waals surface area contributed by atoms with Crippen molar-refractivity contribution < 1.29 is 12.8 Å². The van der Waals surface area contributed by atoms with Crippen molar-refractivity contribution in [3.8, 4) is 0 Å². The molecule has 0 unspecified atom stereocenters. The standard InChI is InChI=1S/C10H14FNO2S/c1-8(2)15(13,14)12-7-9-4-3-5-10(11)6-9/h3-6,8,12H,7H2,1-2H3. The van der Waals surface area contributed by atoms with Crippen molar-refractivity contribution in [2.24, 2.45) is 0 Å². The number of hydrogen-bond acceptors (Lipinski definition) is 2. The normalized spacial score (nSPS) is 12.0. The summed E-state index contributed by atoms with van der Waals surface area (Å²) in [6.07, 6.45) is 0. The van der Waals surface area contributed by atoms with Crippen molar-refractivity contribution in [1.29, 1.82) is 0 Å². The van der Waals surface area contributed by atoms with E-state index in [0.29, 0.717) is 5.56 Å². The third-order valence-corrected chi connectivity index (χ3v) is 3.78. The molecule has 0 aliphatic rings. The Balaban J connectivity index is 2.66. The predicted molar refractivity (Wildman–Crippen MR) is 57.3 cm³/mol. The van der Waals surface area contributed by atoms with Crippen LogP contribution in [-0.4, -0.2) is 13.7 Å². The zero-order valence-electron chi connectivity index (χ0n) is 8.70. The molecule has 1 aromatic carbocycles. The zero-order chi connectivity index (χ0) is 11.5. The highest BCUT2D eigenvalue weighted by Gasteiger charge is 2.14. The fraction of sp³-hybridized carbons (Fsp3) is 0.400. The first kappa shape index (κ1) is 12.1. The molecule has 0 atom stereocenters. The molecule has 0 saturated carbocycles. The van der Waals surface area contributed by atoms with Gasteiger partial charge in [0.25, 0.3) is 0 Å². The van der Waals surface area contributed by atoms with Gasteiger partial charge in [-0.3, -0.25) is 0 Å². The fourth-order valence-electron chi connectivity index (χ4n) is 0.998. The Morgan fingerprint density at radius 1 is 1.40 bits per heavy atom. The molecule has 84 valence electrons. The van der Waals surface area contributed by atoms with E-state index in [2.05, 4.69) is 4.72 Å². The number of halogens is 1. The van der Waals surface area contributed by atoms with Gasteiger partial charge in [0, 0.05) is 6.54 Å². The topological polar surface area (TPSA) is 46.2 Å². The Bertz CT molecular complexity index is 429. The van der Waals surface area contributed by atoms with E-state index >= 15 is 0 Å². The van der Waals surface area contributed by atoms with Crippen LogP contribution < -0.4 is 4.72 Å². The summed E-state index contributed by atoms with van der Waals surface area (Å²) in [6.45, 7) is 3.31. The number of benzene rings is 1. The third kappa shape index (κ3) is 3.60. The van der Waals surface area contributed by atoms with Crippen LogP contribution in [-0.2, 0) is 16.6 Å². The molecule has 0 fully saturated rings. The highest BCUT2D eigenvalue weighted by Crippen LogP contribution is 2.04. The third-order valence-electron chi connectivity index (χ3n) is 1.99. The van der Waals surface area contributed by atoms with Crippen molar-refractivity contribution in [3.63, 3.8) is 0 Å². The summed E-state index contributed by atoms with van der Waals surface area (Å²) in [5.74, 6) is -0.365. The molecule has 0 bridgehead atoms. The molecule has 0 aromatic heterocycles. The lowest BCUT2D eigenvalue weighted by molar-refractivity contribution is 0.571. The Hall–Kier alpha value is -0.940. The van der Waals surface area contributed by atoms with E-state index in [0.717, 1.165) is 0 Å². The molecule has 0 heterocycles. The second-order valence-corrected chi connectivity index (χ2v) is 5.87. The van der Waals surface area contributed by atoms with Crippen LogP contribution in [0.25, 0.3) is 0 Å². The van der Waals surface area contributed by atoms with Gasteiger partial charge in [-0.25, -0.2) is 17.5 Å². The molecular weight excluding hydrogens is 217 g/mol. The van der Waals surface area contributed by atoms with Gasteiger partial charge < -0.3 is 0 Å². The van der Waals surface area contributed by atoms with Crippen LogP contribution in [0.15, 0.2) is 24.3 Å². The van der Waals surface area contributed by atoms with Crippen LogP contribution in [0, 0.1) is 5.82 Å². The van der Waals surface area contributed by atoms with Gasteiger partial charge in [-0.1, -0.05) is 12.1 Å². The van der Waals surface area contributed by atoms with E-state index in [-0.39, 0.29) is 12.4 Å². The van der Waals surface area contributed by atoms with Crippen molar-refractivity contribution in [1.82, 2.24) is 4.72 Å². The summed E-state index contributed by atoms with van der Waals surface area (Å²) < 4.78 is 37.9. The molecule has 1 N–H and O–H groups in total. The Labute approximate surface area is 89.4 Å². The van der Waals surface area contributed by atoms with Crippen LogP contribution in [0.5, 0.6) is 0 Å². The minimum Gasteiger partial charge on any atom is -0.212 e. The Kier molecular flexibility index (Phi) is 3.82. The monoisotopic (exact) mass is 231 g/mol. The van der Waals surface area contributed by atoms with E-state index in [9.17, 15) is 12.8 Å². The summed E-state index contributed by atoms with van der Waals surface area (Å²) in [5.41, 5.74) is 0.610. The summed E-state index contributed by atoms with van der Waals surface area (Å²) in [6, 6.07) is 5.85. The minimum atomic E-state index is -3.28. The first-order valence-electron chi connectivity index (χ1n) is 4.65. The second-order valence-electron chi connectivity index (χ2n) is 3.54. The fourth-order valence-corrected chi connectivity index (χ4v) is 1.70. The molecule has 5 heteroatoms. The summed E-state index contributed by atoms with van der Waals surface area (Å²) in [7, 11) is -3.28. The SMILES string of the molecule is CC(C)S(=O)(=O)NCc1cccc(F)c1. The molecule has 0 aliphatic heterocycles. The van der Waals surface area contributed by atoms with Gasteiger partial charge in [0.1, 0.15) is 5.82 Å². The van der Waals surface area contributed by atoms with E-state index in [1.54, 1.807) is 26.0 Å². The molecule has 3 nitrogen and oxygen atoms in total. The van der Waals surface area contributed by atoms with Gasteiger partial charge >= 0.3 is 0 Å². The lowest BCUT2D eigenvalue weighted by atomic mass is 10.2. The maximum Gasteiger partial charge on any atom is 0.214 e. The van der Waals surface area contributed by atoms with Gasteiger partial charge in [-0.2, -0.15) is 0 Å². The smallest absolute Gasteiger partial charge is 0.212 e. The van der Waals surface area contributed by atoms with Gasteiger partial charge in [0.15, 0.2) is 0 Å². The number of hydrogen-bond donors (Lipinski definition) is 1. The van der Waals surface area contributed by atoms with Crippen molar-refractivity contribution in [3.05, 3.63) is 35.6 Å². The predicted octanol–water partition coefficient (Wildman–Crippen LogP) is 1.65. The highest BCUT2D eigenvalue weighted by atomic mass is 32.2. The second kappa shape index (κ2) is 4.72. The average Bonchev–Trinajstić information content (AvgIpc) is 2.15. The summed E-state index contributed by atoms with van der Waals surface area (Å²) >= 11 is 0.